The number of anilines is 1. The van der Waals surface area contributed by atoms with Gasteiger partial charge in [-0.3, -0.25) is 4.79 Å². The fraction of sp³-hybridized carbons (Fsp3) is 0.667. The zero-order valence-electron chi connectivity index (χ0n) is 12.8. The molecule has 0 amide bonds. The van der Waals surface area contributed by atoms with Crippen LogP contribution in [-0.4, -0.2) is 41.7 Å². The number of hydrogen-bond acceptors (Lipinski definition) is 6. The molecular formula is C15H23BrN4O2. The summed E-state index contributed by atoms with van der Waals surface area (Å²) in [7, 11) is 1.80. The number of likely N-dealkylation sites (N-methyl/N-ethyl adjacent to an activating group) is 1. The van der Waals surface area contributed by atoms with Crippen LogP contribution in [0, 0.1) is 0 Å². The SMILES string of the molecule is CNC(CCCNc1ncc(Br)cn1)C(=O)OC1CCCC1. The number of rotatable bonds is 8. The minimum absolute atomic E-state index is 0.123. The second kappa shape index (κ2) is 9.05. The lowest BCUT2D eigenvalue weighted by molar-refractivity contribution is -0.151. The first kappa shape index (κ1) is 17.1. The van der Waals surface area contributed by atoms with Crippen LogP contribution in [-0.2, 0) is 9.53 Å². The normalized spacial score (nSPS) is 16.5. The van der Waals surface area contributed by atoms with Crippen molar-refractivity contribution in [3.8, 4) is 0 Å². The fourth-order valence-electron chi connectivity index (χ4n) is 2.54. The number of aromatic nitrogens is 2. The maximum Gasteiger partial charge on any atom is 0.323 e. The van der Waals surface area contributed by atoms with Crippen molar-refractivity contribution >= 4 is 27.8 Å². The first-order valence-corrected chi connectivity index (χ1v) is 8.57. The van der Waals surface area contributed by atoms with Gasteiger partial charge in [-0.15, -0.1) is 0 Å². The van der Waals surface area contributed by atoms with Crippen molar-refractivity contribution in [2.45, 2.75) is 50.7 Å². The Bertz CT molecular complexity index is 463. The van der Waals surface area contributed by atoms with Gasteiger partial charge in [0.2, 0.25) is 5.95 Å². The van der Waals surface area contributed by atoms with E-state index in [-0.39, 0.29) is 18.1 Å². The molecule has 1 heterocycles. The van der Waals surface area contributed by atoms with Gasteiger partial charge in [-0.2, -0.15) is 0 Å². The Morgan fingerprint density at radius 1 is 1.41 bits per heavy atom. The summed E-state index contributed by atoms with van der Waals surface area (Å²) in [5.74, 6) is 0.465. The van der Waals surface area contributed by atoms with E-state index in [1.54, 1.807) is 19.4 Å². The zero-order valence-corrected chi connectivity index (χ0v) is 14.4. The van der Waals surface area contributed by atoms with Gasteiger partial charge < -0.3 is 15.4 Å². The molecule has 1 aromatic rings. The van der Waals surface area contributed by atoms with E-state index in [2.05, 4.69) is 36.5 Å². The molecule has 1 saturated carbocycles. The lowest BCUT2D eigenvalue weighted by Crippen LogP contribution is -2.37. The zero-order chi connectivity index (χ0) is 15.8. The molecule has 0 radical (unpaired) electrons. The van der Waals surface area contributed by atoms with Gasteiger partial charge in [-0.05, 0) is 61.5 Å². The second-order valence-electron chi connectivity index (χ2n) is 5.48. The molecular weight excluding hydrogens is 348 g/mol. The number of ether oxygens (including phenoxy) is 1. The number of carbonyl (C=O) groups excluding carboxylic acids is 1. The van der Waals surface area contributed by atoms with E-state index in [0.717, 1.165) is 36.7 Å². The summed E-state index contributed by atoms with van der Waals surface area (Å²) in [5, 5.41) is 6.18. The van der Waals surface area contributed by atoms with E-state index in [4.69, 9.17) is 4.74 Å². The van der Waals surface area contributed by atoms with Crippen LogP contribution < -0.4 is 10.6 Å². The molecule has 0 aromatic carbocycles. The summed E-state index contributed by atoms with van der Waals surface area (Å²) < 4.78 is 6.39. The topological polar surface area (TPSA) is 76.1 Å². The minimum atomic E-state index is -0.242. The molecule has 0 spiro atoms. The molecule has 6 nitrogen and oxygen atoms in total. The van der Waals surface area contributed by atoms with Crippen molar-refractivity contribution in [2.75, 3.05) is 18.9 Å². The lowest BCUT2D eigenvalue weighted by atomic mass is 10.1. The summed E-state index contributed by atoms with van der Waals surface area (Å²) in [6.45, 7) is 0.719. The van der Waals surface area contributed by atoms with Crippen molar-refractivity contribution in [1.29, 1.82) is 0 Å². The average Bonchev–Trinajstić information content (AvgIpc) is 3.02. The molecule has 7 heteroatoms. The van der Waals surface area contributed by atoms with E-state index >= 15 is 0 Å². The van der Waals surface area contributed by atoms with Crippen LogP contribution >= 0.6 is 15.9 Å². The molecule has 1 fully saturated rings. The minimum Gasteiger partial charge on any atom is -0.461 e. The smallest absolute Gasteiger partial charge is 0.323 e. The maximum atomic E-state index is 12.1. The Morgan fingerprint density at radius 3 is 2.73 bits per heavy atom. The quantitative estimate of drug-likeness (QED) is 0.540. The van der Waals surface area contributed by atoms with Crippen molar-refractivity contribution in [1.82, 2.24) is 15.3 Å². The van der Waals surface area contributed by atoms with Crippen LogP contribution in [0.25, 0.3) is 0 Å². The first-order valence-electron chi connectivity index (χ1n) is 7.78. The Hall–Kier alpha value is -1.21. The largest absolute Gasteiger partial charge is 0.461 e. The van der Waals surface area contributed by atoms with Crippen molar-refractivity contribution in [2.24, 2.45) is 0 Å². The Balaban J connectivity index is 1.66. The third-order valence-corrected chi connectivity index (χ3v) is 4.20. The molecule has 0 aliphatic heterocycles. The van der Waals surface area contributed by atoms with Crippen LogP contribution in [0.2, 0.25) is 0 Å². The second-order valence-corrected chi connectivity index (χ2v) is 6.39. The van der Waals surface area contributed by atoms with Crippen LogP contribution in [0.3, 0.4) is 0 Å². The molecule has 122 valence electrons. The number of halogens is 1. The number of nitrogens with zero attached hydrogens (tertiary/aromatic N) is 2. The molecule has 1 unspecified atom stereocenters. The van der Waals surface area contributed by atoms with Gasteiger partial charge in [-0.25, -0.2) is 9.97 Å². The Morgan fingerprint density at radius 2 is 2.09 bits per heavy atom. The summed E-state index contributed by atoms with van der Waals surface area (Å²) in [4.78, 5) is 20.4. The third kappa shape index (κ3) is 5.53. The highest BCUT2D eigenvalue weighted by Crippen LogP contribution is 2.21. The van der Waals surface area contributed by atoms with Gasteiger partial charge in [0, 0.05) is 18.9 Å². The van der Waals surface area contributed by atoms with Crippen molar-refractivity contribution < 1.29 is 9.53 Å². The predicted octanol–water partition coefficient (Wildman–Crippen LogP) is 2.50. The molecule has 0 saturated heterocycles. The highest BCUT2D eigenvalue weighted by molar-refractivity contribution is 9.10. The number of esters is 1. The van der Waals surface area contributed by atoms with E-state index in [1.807, 2.05) is 0 Å². The number of carbonyl (C=O) groups is 1. The molecule has 1 aliphatic rings. The van der Waals surface area contributed by atoms with E-state index in [1.165, 1.54) is 12.8 Å². The molecule has 2 N–H and O–H groups in total. The van der Waals surface area contributed by atoms with Crippen LogP contribution in [0.1, 0.15) is 38.5 Å². The number of hydrogen-bond donors (Lipinski definition) is 2. The standard InChI is InChI=1S/C15H23BrN4O2/c1-17-13(14(21)22-12-5-2-3-6-12)7-4-8-18-15-19-9-11(16)10-20-15/h9-10,12-13,17H,2-8H2,1H3,(H,18,19,20). The van der Waals surface area contributed by atoms with Gasteiger partial charge >= 0.3 is 5.97 Å². The van der Waals surface area contributed by atoms with Gasteiger partial charge in [0.15, 0.2) is 0 Å². The van der Waals surface area contributed by atoms with Gasteiger partial charge in [0.05, 0.1) is 4.47 Å². The Kier molecular flexibility index (Phi) is 7.05. The van der Waals surface area contributed by atoms with Gasteiger partial charge in [-0.1, -0.05) is 0 Å². The monoisotopic (exact) mass is 370 g/mol. The first-order chi connectivity index (χ1) is 10.7. The fourth-order valence-corrected chi connectivity index (χ4v) is 2.75. The van der Waals surface area contributed by atoms with Crippen molar-refractivity contribution in [3.63, 3.8) is 0 Å². The Labute approximate surface area is 139 Å². The van der Waals surface area contributed by atoms with Crippen LogP contribution in [0.4, 0.5) is 5.95 Å². The average molecular weight is 371 g/mol. The predicted molar refractivity (Wildman–Crippen MR) is 88.7 cm³/mol. The summed E-state index contributed by atoms with van der Waals surface area (Å²) >= 11 is 3.29. The highest BCUT2D eigenvalue weighted by Gasteiger charge is 2.24. The van der Waals surface area contributed by atoms with Crippen molar-refractivity contribution in [3.05, 3.63) is 16.9 Å². The van der Waals surface area contributed by atoms with Gasteiger partial charge in [0.1, 0.15) is 12.1 Å². The van der Waals surface area contributed by atoms with E-state index in [0.29, 0.717) is 5.95 Å². The molecule has 22 heavy (non-hydrogen) atoms. The maximum absolute atomic E-state index is 12.1. The lowest BCUT2D eigenvalue weighted by Gasteiger charge is -2.18. The molecule has 1 aromatic heterocycles. The summed E-state index contributed by atoms with van der Waals surface area (Å²) in [6, 6.07) is -0.242. The van der Waals surface area contributed by atoms with E-state index in [9.17, 15) is 4.79 Å². The number of nitrogens with one attached hydrogen (secondary N) is 2. The van der Waals surface area contributed by atoms with Crippen LogP contribution in [0.5, 0.6) is 0 Å². The summed E-state index contributed by atoms with van der Waals surface area (Å²) in [5.41, 5.74) is 0. The molecule has 0 bridgehead atoms. The molecule has 2 rings (SSSR count). The molecule has 1 atom stereocenters. The highest BCUT2D eigenvalue weighted by atomic mass is 79.9. The third-order valence-electron chi connectivity index (χ3n) is 3.79. The van der Waals surface area contributed by atoms with Crippen LogP contribution in [0.15, 0.2) is 16.9 Å². The van der Waals surface area contributed by atoms with E-state index < -0.39 is 0 Å². The summed E-state index contributed by atoms with van der Waals surface area (Å²) in [6.07, 6.45) is 9.43. The molecule has 1 aliphatic carbocycles. The van der Waals surface area contributed by atoms with Gasteiger partial charge in [0.25, 0.3) is 0 Å².